The van der Waals surface area contributed by atoms with Crippen LogP contribution in [0.3, 0.4) is 0 Å². The van der Waals surface area contributed by atoms with Crippen molar-refractivity contribution in [2.45, 2.75) is 26.3 Å². The van der Waals surface area contributed by atoms with Gasteiger partial charge in [-0.1, -0.05) is 13.3 Å². The summed E-state index contributed by atoms with van der Waals surface area (Å²) >= 11 is 0. The third-order valence-electron chi connectivity index (χ3n) is 3.21. The predicted molar refractivity (Wildman–Crippen MR) is 76.7 cm³/mol. The molecule has 1 amide bonds. The molecular weight excluding hydrogens is 268 g/mol. The van der Waals surface area contributed by atoms with Gasteiger partial charge in [0.05, 0.1) is 24.6 Å². The van der Waals surface area contributed by atoms with Crippen LogP contribution in [0.1, 0.15) is 35.2 Å². The van der Waals surface area contributed by atoms with Crippen LogP contribution in [0, 0.1) is 0 Å². The number of aryl methyl sites for hydroxylation is 1. The summed E-state index contributed by atoms with van der Waals surface area (Å²) < 4.78 is 1.89. The Bertz CT molecular complexity index is 760. The molecule has 0 saturated carbocycles. The number of hydrogen-bond donors (Lipinski definition) is 2. The fourth-order valence-corrected chi connectivity index (χ4v) is 2.16. The van der Waals surface area contributed by atoms with Gasteiger partial charge in [0.25, 0.3) is 5.91 Å². The fraction of sp³-hybridized carbons (Fsp3) is 0.286. The van der Waals surface area contributed by atoms with E-state index in [1.807, 2.05) is 10.6 Å². The number of nitrogens with one attached hydrogen (secondary N) is 2. The number of imidazole rings is 1. The molecule has 0 radical (unpaired) electrons. The van der Waals surface area contributed by atoms with E-state index in [0.29, 0.717) is 12.2 Å². The summed E-state index contributed by atoms with van der Waals surface area (Å²) in [5, 5.41) is 9.75. The maximum atomic E-state index is 12.1. The third-order valence-corrected chi connectivity index (χ3v) is 3.21. The summed E-state index contributed by atoms with van der Waals surface area (Å²) in [6, 6.07) is 1.79. The number of amides is 1. The number of nitrogens with zero attached hydrogens (tertiary/aromatic N) is 4. The molecular formula is C14H16N6O. The Hall–Kier alpha value is -2.70. The molecule has 3 rings (SSSR count). The lowest BCUT2D eigenvalue weighted by Crippen LogP contribution is -2.23. The van der Waals surface area contributed by atoms with E-state index in [-0.39, 0.29) is 5.91 Å². The summed E-state index contributed by atoms with van der Waals surface area (Å²) in [6.45, 7) is 2.47. The van der Waals surface area contributed by atoms with E-state index in [0.717, 1.165) is 29.9 Å². The maximum absolute atomic E-state index is 12.1. The molecule has 3 aromatic rings. The Balaban J connectivity index is 1.67. The van der Waals surface area contributed by atoms with Gasteiger partial charge < -0.3 is 5.32 Å². The van der Waals surface area contributed by atoms with Crippen LogP contribution in [0.4, 0.5) is 0 Å². The van der Waals surface area contributed by atoms with E-state index in [1.54, 1.807) is 24.7 Å². The first-order valence-corrected chi connectivity index (χ1v) is 6.86. The Morgan fingerprint density at radius 1 is 1.43 bits per heavy atom. The second kappa shape index (κ2) is 5.74. The first-order chi connectivity index (χ1) is 10.3. The minimum absolute atomic E-state index is 0.197. The summed E-state index contributed by atoms with van der Waals surface area (Å²) in [5.74, 6) is -0.197. The fourth-order valence-electron chi connectivity index (χ4n) is 2.16. The van der Waals surface area contributed by atoms with Gasteiger partial charge in [-0.3, -0.25) is 19.3 Å². The van der Waals surface area contributed by atoms with Gasteiger partial charge in [-0.25, -0.2) is 4.98 Å². The van der Waals surface area contributed by atoms with Crippen LogP contribution in [0.2, 0.25) is 0 Å². The monoisotopic (exact) mass is 284 g/mol. The van der Waals surface area contributed by atoms with Crippen molar-refractivity contribution in [1.29, 1.82) is 0 Å². The van der Waals surface area contributed by atoms with Crippen molar-refractivity contribution in [3.63, 3.8) is 0 Å². The van der Waals surface area contributed by atoms with E-state index in [2.05, 4.69) is 32.4 Å². The second-order valence-corrected chi connectivity index (χ2v) is 4.77. The van der Waals surface area contributed by atoms with E-state index in [9.17, 15) is 4.79 Å². The number of rotatable bonds is 5. The highest BCUT2D eigenvalue weighted by molar-refractivity contribution is 5.92. The number of fused-ring (bicyclic) bond motifs is 1. The molecule has 108 valence electrons. The Morgan fingerprint density at radius 3 is 3.19 bits per heavy atom. The number of aromatic amines is 1. The van der Waals surface area contributed by atoms with Crippen molar-refractivity contribution in [2.24, 2.45) is 0 Å². The highest BCUT2D eigenvalue weighted by Gasteiger charge is 2.11. The van der Waals surface area contributed by atoms with Crippen molar-refractivity contribution >= 4 is 11.6 Å². The van der Waals surface area contributed by atoms with Gasteiger partial charge in [0, 0.05) is 18.1 Å². The summed E-state index contributed by atoms with van der Waals surface area (Å²) in [6.07, 6.45) is 8.81. The van der Waals surface area contributed by atoms with Crippen molar-refractivity contribution < 1.29 is 4.79 Å². The summed E-state index contributed by atoms with van der Waals surface area (Å²) in [4.78, 5) is 20.3. The largest absolute Gasteiger partial charge is 0.345 e. The molecule has 0 spiro atoms. The minimum Gasteiger partial charge on any atom is -0.345 e. The van der Waals surface area contributed by atoms with Crippen molar-refractivity contribution in [3.8, 4) is 0 Å². The van der Waals surface area contributed by atoms with Crippen LogP contribution in [-0.2, 0) is 13.0 Å². The molecule has 0 aliphatic heterocycles. The molecule has 21 heavy (non-hydrogen) atoms. The van der Waals surface area contributed by atoms with Gasteiger partial charge in [0.2, 0.25) is 0 Å². The lowest BCUT2D eigenvalue weighted by Gasteiger charge is -2.02. The Morgan fingerprint density at radius 2 is 2.33 bits per heavy atom. The number of hydrogen-bond acceptors (Lipinski definition) is 4. The normalized spacial score (nSPS) is 10.9. The molecule has 0 saturated heterocycles. The van der Waals surface area contributed by atoms with Gasteiger partial charge in [-0.05, 0) is 12.5 Å². The van der Waals surface area contributed by atoms with Gasteiger partial charge in [0.1, 0.15) is 5.69 Å². The maximum Gasteiger partial charge on any atom is 0.272 e. The van der Waals surface area contributed by atoms with Crippen LogP contribution in [-0.4, -0.2) is 30.5 Å². The van der Waals surface area contributed by atoms with Gasteiger partial charge in [-0.15, -0.1) is 0 Å². The van der Waals surface area contributed by atoms with Crippen LogP contribution in [0.15, 0.2) is 30.9 Å². The summed E-state index contributed by atoms with van der Waals surface area (Å²) in [7, 11) is 0. The molecule has 0 fully saturated rings. The van der Waals surface area contributed by atoms with Crippen molar-refractivity contribution in [1.82, 2.24) is 29.9 Å². The molecule has 0 atom stereocenters. The molecule has 3 aromatic heterocycles. The molecule has 0 aliphatic carbocycles. The standard InChI is InChI=1S/C14H16N6O/c1-2-3-10-6-12(19-18-10)14(21)17-8-11-7-16-13-9-15-4-5-20(11)13/h4-7,9H,2-3,8H2,1H3,(H,17,21)(H,18,19). The molecule has 2 N–H and O–H groups in total. The quantitative estimate of drug-likeness (QED) is 0.740. The smallest absolute Gasteiger partial charge is 0.272 e. The predicted octanol–water partition coefficient (Wildman–Crippen LogP) is 1.33. The zero-order chi connectivity index (χ0) is 14.7. The van der Waals surface area contributed by atoms with E-state index in [1.165, 1.54) is 0 Å². The number of aromatic nitrogens is 5. The minimum atomic E-state index is -0.197. The van der Waals surface area contributed by atoms with Crippen LogP contribution in [0.25, 0.3) is 5.65 Å². The molecule has 7 nitrogen and oxygen atoms in total. The number of H-pyrrole nitrogens is 1. The lowest BCUT2D eigenvalue weighted by molar-refractivity contribution is 0.0945. The zero-order valence-electron chi connectivity index (χ0n) is 11.7. The molecule has 7 heteroatoms. The molecule has 0 unspecified atom stereocenters. The SMILES string of the molecule is CCCc1cc(C(=O)NCc2cnc3cnccn23)n[nH]1. The van der Waals surface area contributed by atoms with Crippen LogP contribution in [0.5, 0.6) is 0 Å². The summed E-state index contributed by atoms with van der Waals surface area (Å²) in [5.41, 5.74) is 3.04. The number of carbonyl (C=O) groups is 1. The van der Waals surface area contributed by atoms with Crippen LogP contribution < -0.4 is 5.32 Å². The second-order valence-electron chi connectivity index (χ2n) is 4.77. The number of carbonyl (C=O) groups excluding carboxylic acids is 1. The molecule has 3 heterocycles. The topological polar surface area (TPSA) is 88.0 Å². The lowest BCUT2D eigenvalue weighted by atomic mass is 10.2. The molecule has 0 bridgehead atoms. The average Bonchev–Trinajstić information content (AvgIpc) is 3.12. The first kappa shape index (κ1) is 13.3. The van der Waals surface area contributed by atoms with Gasteiger partial charge in [0.15, 0.2) is 5.65 Å². The van der Waals surface area contributed by atoms with Crippen molar-refractivity contribution in [2.75, 3.05) is 0 Å². The van der Waals surface area contributed by atoms with Gasteiger partial charge in [-0.2, -0.15) is 5.10 Å². The first-order valence-electron chi connectivity index (χ1n) is 6.86. The van der Waals surface area contributed by atoms with E-state index < -0.39 is 0 Å². The molecule has 0 aliphatic rings. The zero-order valence-corrected chi connectivity index (χ0v) is 11.7. The van der Waals surface area contributed by atoms with E-state index in [4.69, 9.17) is 0 Å². The highest BCUT2D eigenvalue weighted by atomic mass is 16.1. The van der Waals surface area contributed by atoms with Gasteiger partial charge >= 0.3 is 0 Å². The highest BCUT2D eigenvalue weighted by Crippen LogP contribution is 2.06. The van der Waals surface area contributed by atoms with Crippen LogP contribution >= 0.6 is 0 Å². The van der Waals surface area contributed by atoms with Crippen molar-refractivity contribution in [3.05, 3.63) is 47.9 Å². The Labute approximate surface area is 121 Å². The third kappa shape index (κ3) is 2.76. The molecule has 0 aromatic carbocycles. The Kier molecular flexibility index (Phi) is 3.63. The average molecular weight is 284 g/mol. The van der Waals surface area contributed by atoms with E-state index >= 15 is 0 Å².